The van der Waals surface area contributed by atoms with Gasteiger partial charge in [-0.2, -0.15) is 0 Å². The zero-order valence-electron chi connectivity index (χ0n) is 11.3. The first kappa shape index (κ1) is 13.3. The molecule has 0 N–H and O–H groups in total. The molecule has 0 atom stereocenters. The van der Waals surface area contributed by atoms with E-state index in [1.807, 2.05) is 37.3 Å². The lowest BCUT2D eigenvalue weighted by Gasteiger charge is -2.10. The minimum atomic E-state index is 0.532. The molecule has 0 amide bonds. The third-order valence-corrected chi connectivity index (χ3v) is 3.86. The fraction of sp³-hybridized carbons (Fsp3) is 0.176. The lowest BCUT2D eigenvalue weighted by molar-refractivity contribution is 0.304. The molecule has 0 radical (unpaired) electrons. The Kier molecular flexibility index (Phi) is 3.53. The van der Waals surface area contributed by atoms with Crippen molar-refractivity contribution < 1.29 is 9.47 Å². The van der Waals surface area contributed by atoms with Crippen LogP contribution in [0.4, 0.5) is 0 Å². The first-order valence-corrected chi connectivity index (χ1v) is 7.36. The number of rotatable bonds is 2. The molecular weight excluding hydrogens is 316 g/mol. The normalized spacial score (nSPS) is 13.0. The topological polar surface area (TPSA) is 18.5 Å². The van der Waals surface area contributed by atoms with Gasteiger partial charge in [0.25, 0.3) is 0 Å². The minimum absolute atomic E-state index is 0.532. The largest absolute Gasteiger partial charge is 0.494 e. The first-order valence-electron chi connectivity index (χ1n) is 6.56. The molecule has 20 heavy (non-hydrogen) atoms. The molecule has 0 aromatic heterocycles. The zero-order valence-corrected chi connectivity index (χ0v) is 12.9. The number of hydrogen-bond acceptors (Lipinski definition) is 2. The van der Waals surface area contributed by atoms with Gasteiger partial charge in [-0.15, -0.1) is 0 Å². The van der Waals surface area contributed by atoms with Crippen LogP contribution in [0, 0.1) is 0 Å². The zero-order chi connectivity index (χ0) is 14.1. The third-order valence-electron chi connectivity index (χ3n) is 3.36. The van der Waals surface area contributed by atoms with E-state index >= 15 is 0 Å². The summed E-state index contributed by atoms with van der Waals surface area (Å²) < 4.78 is 12.5. The van der Waals surface area contributed by atoms with Gasteiger partial charge in [0.1, 0.15) is 18.1 Å². The minimum Gasteiger partial charge on any atom is -0.494 e. The Labute approximate surface area is 127 Å². The molecule has 0 aliphatic carbocycles. The molecule has 0 spiro atoms. The van der Waals surface area contributed by atoms with Crippen LogP contribution < -0.4 is 9.47 Å². The van der Waals surface area contributed by atoms with Gasteiger partial charge >= 0.3 is 0 Å². The molecule has 2 nitrogen and oxygen atoms in total. The van der Waals surface area contributed by atoms with Crippen molar-refractivity contribution in [3.8, 4) is 11.5 Å². The highest BCUT2D eigenvalue weighted by Gasteiger charge is 2.18. The third kappa shape index (κ3) is 2.34. The second-order valence-corrected chi connectivity index (χ2v) is 5.58. The summed E-state index contributed by atoms with van der Waals surface area (Å²) >= 11 is 3.50. The maximum atomic E-state index is 5.90. The second-order valence-electron chi connectivity index (χ2n) is 4.66. The summed E-state index contributed by atoms with van der Waals surface area (Å²) in [5.41, 5.74) is 4.23. The Balaban J connectivity index is 2.08. The van der Waals surface area contributed by atoms with Gasteiger partial charge < -0.3 is 9.47 Å². The number of fused-ring (bicyclic) bond motifs is 2. The van der Waals surface area contributed by atoms with Gasteiger partial charge in [-0.3, -0.25) is 0 Å². The van der Waals surface area contributed by atoms with Crippen LogP contribution in [0.2, 0.25) is 0 Å². The van der Waals surface area contributed by atoms with Gasteiger partial charge in [0.05, 0.1) is 6.61 Å². The van der Waals surface area contributed by atoms with E-state index < -0.39 is 0 Å². The van der Waals surface area contributed by atoms with Crippen molar-refractivity contribution in [2.45, 2.75) is 13.5 Å². The molecule has 0 bridgehead atoms. The molecule has 3 heteroatoms. The monoisotopic (exact) mass is 330 g/mol. The number of ether oxygens (including phenoxy) is 2. The number of hydrogen-bond donors (Lipinski definition) is 0. The van der Waals surface area contributed by atoms with E-state index in [9.17, 15) is 0 Å². The Morgan fingerprint density at radius 3 is 2.85 bits per heavy atom. The average molecular weight is 331 g/mol. The predicted molar refractivity (Wildman–Crippen MR) is 84.2 cm³/mol. The molecule has 102 valence electrons. The summed E-state index contributed by atoms with van der Waals surface area (Å²) in [5, 5.41) is 0. The van der Waals surface area contributed by atoms with Gasteiger partial charge in [-0.25, -0.2) is 0 Å². The highest BCUT2D eigenvalue weighted by Crippen LogP contribution is 2.38. The summed E-state index contributed by atoms with van der Waals surface area (Å²) in [5.74, 6) is 1.74. The van der Waals surface area contributed by atoms with Crippen LogP contribution in [0.15, 0.2) is 47.4 Å². The summed E-state index contributed by atoms with van der Waals surface area (Å²) in [7, 11) is 0. The highest BCUT2D eigenvalue weighted by atomic mass is 79.9. The van der Waals surface area contributed by atoms with Gasteiger partial charge in [0.2, 0.25) is 0 Å². The molecule has 1 aliphatic rings. The van der Waals surface area contributed by atoms with E-state index in [-0.39, 0.29) is 0 Å². The fourth-order valence-electron chi connectivity index (χ4n) is 2.40. The molecular formula is C17H15BrO2. The highest BCUT2D eigenvalue weighted by molar-refractivity contribution is 9.10. The van der Waals surface area contributed by atoms with E-state index in [0.29, 0.717) is 13.2 Å². The molecule has 3 rings (SSSR count). The van der Waals surface area contributed by atoms with E-state index in [2.05, 4.69) is 28.6 Å². The molecule has 1 aliphatic heterocycles. The SMILES string of the molecule is C=C1c2ccc(OCC)cc2COc2ccc(Br)cc21. The van der Waals surface area contributed by atoms with Crippen molar-refractivity contribution in [2.75, 3.05) is 6.61 Å². The number of halogens is 1. The van der Waals surface area contributed by atoms with Gasteiger partial charge in [-0.05, 0) is 48.4 Å². The number of benzene rings is 2. The quantitative estimate of drug-likeness (QED) is 0.787. The smallest absolute Gasteiger partial charge is 0.127 e. The standard InChI is InChI=1S/C17H15BrO2/c1-3-19-14-5-6-15-11(2)16-9-13(18)4-7-17(16)20-10-12(15)8-14/h4-9H,2-3,10H2,1H3. The van der Waals surface area contributed by atoms with E-state index in [4.69, 9.17) is 9.47 Å². The Morgan fingerprint density at radius 1 is 1.20 bits per heavy atom. The summed E-state index contributed by atoms with van der Waals surface area (Å²) in [6, 6.07) is 12.1. The van der Waals surface area contributed by atoms with Crippen molar-refractivity contribution >= 4 is 21.5 Å². The molecule has 1 heterocycles. The van der Waals surface area contributed by atoms with Crippen molar-refractivity contribution in [1.82, 2.24) is 0 Å². The van der Waals surface area contributed by atoms with Crippen LogP contribution in [-0.2, 0) is 6.61 Å². The predicted octanol–water partition coefficient (Wildman–Crippen LogP) is 4.80. The maximum absolute atomic E-state index is 5.90. The van der Waals surface area contributed by atoms with Crippen LogP contribution in [0.1, 0.15) is 23.6 Å². The van der Waals surface area contributed by atoms with Crippen molar-refractivity contribution in [1.29, 1.82) is 0 Å². The summed E-state index contributed by atoms with van der Waals surface area (Å²) in [6.07, 6.45) is 0. The second kappa shape index (κ2) is 5.33. The Morgan fingerprint density at radius 2 is 2.05 bits per heavy atom. The lowest BCUT2D eigenvalue weighted by Crippen LogP contribution is -1.98. The first-order chi connectivity index (χ1) is 9.69. The van der Waals surface area contributed by atoms with Crippen LogP contribution >= 0.6 is 15.9 Å². The summed E-state index contributed by atoms with van der Waals surface area (Å²) in [4.78, 5) is 0. The molecule has 2 aromatic rings. The van der Waals surface area contributed by atoms with Crippen LogP contribution in [0.3, 0.4) is 0 Å². The average Bonchev–Trinajstić information content (AvgIpc) is 2.58. The molecule has 0 unspecified atom stereocenters. The Hall–Kier alpha value is -1.74. The molecule has 2 aromatic carbocycles. The van der Waals surface area contributed by atoms with Crippen molar-refractivity contribution in [3.05, 3.63) is 64.1 Å². The van der Waals surface area contributed by atoms with Crippen molar-refractivity contribution in [2.24, 2.45) is 0 Å². The lowest BCUT2D eigenvalue weighted by atomic mass is 9.96. The Bertz CT molecular complexity index is 677. The molecule has 0 saturated heterocycles. The van der Waals surface area contributed by atoms with Crippen LogP contribution in [0.25, 0.3) is 5.57 Å². The van der Waals surface area contributed by atoms with E-state index in [1.54, 1.807) is 0 Å². The van der Waals surface area contributed by atoms with Gasteiger partial charge in [0.15, 0.2) is 0 Å². The maximum Gasteiger partial charge on any atom is 0.127 e. The van der Waals surface area contributed by atoms with Crippen molar-refractivity contribution in [3.63, 3.8) is 0 Å². The summed E-state index contributed by atoms with van der Waals surface area (Å²) in [6.45, 7) is 7.40. The van der Waals surface area contributed by atoms with E-state index in [0.717, 1.165) is 38.2 Å². The fourth-order valence-corrected chi connectivity index (χ4v) is 2.77. The molecule has 0 saturated carbocycles. The van der Waals surface area contributed by atoms with Crippen LogP contribution in [-0.4, -0.2) is 6.61 Å². The van der Waals surface area contributed by atoms with Gasteiger partial charge in [-0.1, -0.05) is 28.6 Å². The van der Waals surface area contributed by atoms with Gasteiger partial charge in [0, 0.05) is 15.6 Å². The molecule has 0 fully saturated rings. The van der Waals surface area contributed by atoms with Crippen LogP contribution in [0.5, 0.6) is 11.5 Å². The van der Waals surface area contributed by atoms with E-state index in [1.165, 1.54) is 0 Å².